The summed E-state index contributed by atoms with van der Waals surface area (Å²) in [5.41, 5.74) is 0. The van der Waals surface area contributed by atoms with Crippen LogP contribution in [0, 0.1) is 0 Å². The fraction of sp³-hybridized carbons (Fsp3) is 0.833. The van der Waals surface area contributed by atoms with Gasteiger partial charge in [0.25, 0.3) is 0 Å². The van der Waals surface area contributed by atoms with E-state index in [1.54, 1.807) is 0 Å². The Kier molecular flexibility index (Phi) is 5.63. The molecular formula is C6H11BrO3. The van der Waals surface area contributed by atoms with E-state index >= 15 is 0 Å². The molecule has 0 rings (SSSR count). The summed E-state index contributed by atoms with van der Waals surface area (Å²) in [6.45, 7) is 1.92. The van der Waals surface area contributed by atoms with Gasteiger partial charge < -0.3 is 9.84 Å². The third-order valence-corrected chi connectivity index (χ3v) is 1.47. The molecule has 0 aromatic rings. The molecule has 0 fully saturated rings. The molecule has 0 heterocycles. The first-order valence-electron chi connectivity index (χ1n) is 3.10. The van der Waals surface area contributed by atoms with Crippen LogP contribution >= 0.6 is 15.9 Å². The molecule has 0 aliphatic rings. The van der Waals surface area contributed by atoms with Gasteiger partial charge in [0.15, 0.2) is 0 Å². The van der Waals surface area contributed by atoms with Crippen LogP contribution < -0.4 is 0 Å². The van der Waals surface area contributed by atoms with Crippen molar-refractivity contribution in [1.29, 1.82) is 0 Å². The Balaban J connectivity index is 3.26. The van der Waals surface area contributed by atoms with Crippen molar-refractivity contribution in [2.75, 3.05) is 11.9 Å². The van der Waals surface area contributed by atoms with Crippen LogP contribution in [0.25, 0.3) is 0 Å². The molecule has 0 aliphatic carbocycles. The Morgan fingerprint density at radius 2 is 2.40 bits per heavy atom. The van der Waals surface area contributed by atoms with Crippen molar-refractivity contribution in [3.8, 4) is 0 Å². The number of hydrogen-bond donors (Lipinski definition) is 1. The fourth-order valence-corrected chi connectivity index (χ4v) is 0.507. The molecular weight excluding hydrogens is 200 g/mol. The van der Waals surface area contributed by atoms with Gasteiger partial charge in [0.05, 0.1) is 6.10 Å². The molecule has 1 atom stereocenters. The van der Waals surface area contributed by atoms with Gasteiger partial charge in [0, 0.05) is 0 Å². The van der Waals surface area contributed by atoms with E-state index in [1.807, 2.05) is 6.92 Å². The van der Waals surface area contributed by atoms with Crippen molar-refractivity contribution < 1.29 is 14.6 Å². The number of ether oxygens (including phenoxy) is 1. The van der Waals surface area contributed by atoms with E-state index in [1.165, 1.54) is 0 Å². The predicted octanol–water partition coefficient (Wildman–Crippen LogP) is 0.695. The highest BCUT2D eigenvalue weighted by Crippen LogP contribution is 1.92. The Morgan fingerprint density at radius 3 is 2.80 bits per heavy atom. The molecule has 0 saturated carbocycles. The van der Waals surface area contributed by atoms with Gasteiger partial charge in [0.1, 0.15) is 11.9 Å². The van der Waals surface area contributed by atoms with Crippen molar-refractivity contribution >= 4 is 21.9 Å². The maximum absolute atomic E-state index is 10.5. The number of esters is 1. The van der Waals surface area contributed by atoms with Gasteiger partial charge in [-0.2, -0.15) is 0 Å². The van der Waals surface area contributed by atoms with Crippen molar-refractivity contribution in [1.82, 2.24) is 0 Å². The quantitative estimate of drug-likeness (QED) is 0.549. The van der Waals surface area contributed by atoms with E-state index in [9.17, 15) is 4.79 Å². The van der Waals surface area contributed by atoms with Gasteiger partial charge in [-0.25, -0.2) is 0 Å². The zero-order valence-corrected chi connectivity index (χ0v) is 7.43. The summed E-state index contributed by atoms with van der Waals surface area (Å²) < 4.78 is 4.61. The molecule has 3 nitrogen and oxygen atoms in total. The second-order valence-corrected chi connectivity index (χ2v) is 2.44. The lowest BCUT2D eigenvalue weighted by Crippen LogP contribution is -2.17. The molecule has 0 bridgehead atoms. The van der Waals surface area contributed by atoms with Crippen LogP contribution in [0.1, 0.15) is 13.3 Å². The highest BCUT2D eigenvalue weighted by Gasteiger charge is 2.04. The highest BCUT2D eigenvalue weighted by atomic mass is 79.9. The predicted molar refractivity (Wildman–Crippen MR) is 41.1 cm³/mol. The maximum atomic E-state index is 10.5. The molecule has 60 valence electrons. The van der Waals surface area contributed by atoms with Crippen molar-refractivity contribution in [3.05, 3.63) is 0 Å². The van der Waals surface area contributed by atoms with E-state index in [-0.39, 0.29) is 17.9 Å². The van der Waals surface area contributed by atoms with Gasteiger partial charge in [-0.3, -0.25) is 4.79 Å². The minimum absolute atomic E-state index is 0.0981. The number of aliphatic hydroxyl groups is 1. The van der Waals surface area contributed by atoms with Gasteiger partial charge >= 0.3 is 5.97 Å². The lowest BCUT2D eigenvalue weighted by Gasteiger charge is -2.06. The third kappa shape index (κ3) is 4.76. The van der Waals surface area contributed by atoms with Gasteiger partial charge in [0.2, 0.25) is 0 Å². The van der Waals surface area contributed by atoms with E-state index < -0.39 is 6.10 Å². The average Bonchev–Trinajstić information content (AvgIpc) is 1.99. The lowest BCUT2D eigenvalue weighted by molar-refractivity contribution is -0.143. The number of carbonyl (C=O) groups excluding carboxylic acids is 1. The van der Waals surface area contributed by atoms with Gasteiger partial charge in [-0.1, -0.05) is 22.9 Å². The zero-order chi connectivity index (χ0) is 7.98. The van der Waals surface area contributed by atoms with E-state index in [0.29, 0.717) is 6.42 Å². The lowest BCUT2D eigenvalue weighted by atomic mass is 10.3. The van der Waals surface area contributed by atoms with Crippen LogP contribution in [0.15, 0.2) is 0 Å². The van der Waals surface area contributed by atoms with Crippen molar-refractivity contribution in [2.45, 2.75) is 19.4 Å². The molecule has 0 aliphatic heterocycles. The summed E-state index contributed by atoms with van der Waals surface area (Å²) in [5.74, 6) is -0.340. The maximum Gasteiger partial charge on any atom is 0.316 e. The smallest absolute Gasteiger partial charge is 0.316 e. The molecule has 10 heavy (non-hydrogen) atoms. The molecule has 0 aromatic heterocycles. The summed E-state index contributed by atoms with van der Waals surface area (Å²) >= 11 is 2.93. The van der Waals surface area contributed by atoms with Crippen LogP contribution in [-0.4, -0.2) is 29.1 Å². The Hall–Kier alpha value is -0.0900. The van der Waals surface area contributed by atoms with Crippen LogP contribution in [0.2, 0.25) is 0 Å². The summed E-state index contributed by atoms with van der Waals surface area (Å²) in [6.07, 6.45) is 0.0817. The second kappa shape index (κ2) is 5.68. The number of hydrogen-bond acceptors (Lipinski definition) is 3. The molecule has 4 heteroatoms. The molecule has 1 unspecified atom stereocenters. The third-order valence-electron chi connectivity index (χ3n) is 1.02. The second-order valence-electron chi connectivity index (χ2n) is 1.88. The Bertz CT molecular complexity index is 105. The van der Waals surface area contributed by atoms with Gasteiger partial charge in [-0.15, -0.1) is 0 Å². The fourth-order valence-electron chi connectivity index (χ4n) is 0.346. The molecule has 1 N–H and O–H groups in total. The number of rotatable bonds is 4. The zero-order valence-electron chi connectivity index (χ0n) is 5.84. The van der Waals surface area contributed by atoms with Crippen LogP contribution in [0.4, 0.5) is 0 Å². The van der Waals surface area contributed by atoms with Crippen molar-refractivity contribution in [2.24, 2.45) is 0 Å². The molecule has 0 radical (unpaired) electrons. The monoisotopic (exact) mass is 210 g/mol. The normalized spacial score (nSPS) is 12.7. The van der Waals surface area contributed by atoms with E-state index in [0.717, 1.165) is 0 Å². The van der Waals surface area contributed by atoms with E-state index in [4.69, 9.17) is 5.11 Å². The van der Waals surface area contributed by atoms with Crippen molar-refractivity contribution in [3.63, 3.8) is 0 Å². The first-order chi connectivity index (χ1) is 4.70. The summed E-state index contributed by atoms with van der Waals surface area (Å²) in [7, 11) is 0. The van der Waals surface area contributed by atoms with Crippen LogP contribution in [-0.2, 0) is 9.53 Å². The molecule has 0 aromatic carbocycles. The number of alkyl halides is 1. The Labute approximate surface area is 68.5 Å². The SMILES string of the molecule is CCC(O)COC(=O)CBr. The molecule has 0 spiro atoms. The number of aliphatic hydroxyl groups excluding tert-OH is 1. The van der Waals surface area contributed by atoms with Crippen LogP contribution in [0.3, 0.4) is 0 Å². The molecule has 0 amide bonds. The van der Waals surface area contributed by atoms with Gasteiger partial charge in [-0.05, 0) is 6.42 Å². The first-order valence-corrected chi connectivity index (χ1v) is 4.22. The van der Waals surface area contributed by atoms with E-state index in [2.05, 4.69) is 20.7 Å². The molecule has 0 saturated heterocycles. The summed E-state index contributed by atoms with van der Waals surface area (Å²) in [6, 6.07) is 0. The topological polar surface area (TPSA) is 46.5 Å². The number of halogens is 1. The average molecular weight is 211 g/mol. The van der Waals surface area contributed by atoms with Crippen LogP contribution in [0.5, 0.6) is 0 Å². The number of carbonyl (C=O) groups is 1. The summed E-state index contributed by atoms with van der Waals surface area (Å²) in [4.78, 5) is 10.5. The standard InChI is InChI=1S/C6H11BrO3/c1-2-5(8)4-10-6(9)3-7/h5,8H,2-4H2,1H3. The largest absolute Gasteiger partial charge is 0.462 e. The first kappa shape index (κ1) is 9.91. The summed E-state index contributed by atoms with van der Waals surface area (Å²) in [5, 5.41) is 9.09. The minimum atomic E-state index is -0.525. The highest BCUT2D eigenvalue weighted by molar-refractivity contribution is 9.09. The Morgan fingerprint density at radius 1 is 1.80 bits per heavy atom. The minimum Gasteiger partial charge on any atom is -0.462 e.